The molecule has 0 spiro atoms. The van der Waals surface area contributed by atoms with Crippen LogP contribution >= 0.6 is 11.3 Å². The summed E-state index contributed by atoms with van der Waals surface area (Å²) in [6.07, 6.45) is 5.76. The summed E-state index contributed by atoms with van der Waals surface area (Å²) < 4.78 is 26.9. The normalized spacial score (nSPS) is 19.5. The summed E-state index contributed by atoms with van der Waals surface area (Å²) in [6, 6.07) is 13.5. The summed E-state index contributed by atoms with van der Waals surface area (Å²) in [4.78, 5) is 20.3. The van der Waals surface area contributed by atoms with Crippen molar-refractivity contribution in [3.63, 3.8) is 0 Å². The third-order valence-corrected chi connectivity index (χ3v) is 8.48. The number of para-hydroxylation sites is 1. The van der Waals surface area contributed by atoms with Crippen LogP contribution in [0.1, 0.15) is 52.7 Å². The van der Waals surface area contributed by atoms with Crippen LogP contribution in [0.5, 0.6) is 0 Å². The number of aryl methyl sites for hydroxylation is 1. The van der Waals surface area contributed by atoms with Crippen LogP contribution in [0.3, 0.4) is 0 Å². The molecule has 0 N–H and O–H groups in total. The molecular weight excluding hydrogens is 430 g/mol. The van der Waals surface area contributed by atoms with Crippen molar-refractivity contribution in [2.75, 3.05) is 23.7 Å². The molecule has 162 valence electrons. The van der Waals surface area contributed by atoms with Crippen LogP contribution in [0.4, 0.5) is 5.69 Å². The number of rotatable bonds is 3. The van der Waals surface area contributed by atoms with Crippen LogP contribution in [-0.4, -0.2) is 43.6 Å². The first kappa shape index (κ1) is 20.5. The Morgan fingerprint density at radius 2 is 1.94 bits per heavy atom. The SMILES string of the molecule is CS(=O)(=O)N1CCCc2cc(C(=O)N3CCCC[C@H]3c3nc4ccccc4s3)ccc21. The summed E-state index contributed by atoms with van der Waals surface area (Å²) in [6.45, 7) is 1.21. The van der Waals surface area contributed by atoms with Gasteiger partial charge in [0.15, 0.2) is 0 Å². The van der Waals surface area contributed by atoms with Crippen LogP contribution in [0.25, 0.3) is 10.2 Å². The van der Waals surface area contributed by atoms with Crippen molar-refractivity contribution in [2.45, 2.75) is 38.1 Å². The molecule has 2 aliphatic heterocycles. The Hall–Kier alpha value is -2.45. The predicted octanol–water partition coefficient (Wildman–Crippen LogP) is 4.38. The van der Waals surface area contributed by atoms with E-state index in [-0.39, 0.29) is 11.9 Å². The number of piperidine rings is 1. The van der Waals surface area contributed by atoms with Gasteiger partial charge in [-0.15, -0.1) is 11.3 Å². The van der Waals surface area contributed by atoms with E-state index in [0.717, 1.165) is 52.9 Å². The molecular formula is C23H25N3O3S2. The lowest BCUT2D eigenvalue weighted by Crippen LogP contribution is -2.39. The van der Waals surface area contributed by atoms with Gasteiger partial charge in [-0.05, 0) is 68.0 Å². The molecule has 0 unspecified atom stereocenters. The lowest BCUT2D eigenvalue weighted by Gasteiger charge is -2.35. The Bertz CT molecular complexity index is 1220. The molecule has 0 bridgehead atoms. The molecule has 31 heavy (non-hydrogen) atoms. The van der Waals surface area contributed by atoms with E-state index in [9.17, 15) is 13.2 Å². The Kier molecular flexibility index (Phi) is 5.22. The zero-order chi connectivity index (χ0) is 21.6. The van der Waals surface area contributed by atoms with E-state index < -0.39 is 10.0 Å². The standard InChI is InChI=1S/C23H25N3O3S2/c1-31(28,29)26-14-6-7-16-15-17(11-12-19(16)26)23(27)25-13-5-4-9-20(25)22-24-18-8-2-3-10-21(18)30-22/h2-3,8,10-12,15,20H,4-7,9,13-14H2,1H3/t20-/m0/s1. The highest BCUT2D eigenvalue weighted by molar-refractivity contribution is 7.92. The Morgan fingerprint density at radius 1 is 1.10 bits per heavy atom. The fourth-order valence-electron chi connectivity index (χ4n) is 4.67. The average Bonchev–Trinajstić information content (AvgIpc) is 3.21. The number of carbonyl (C=O) groups excluding carboxylic acids is 1. The van der Waals surface area contributed by atoms with Crippen molar-refractivity contribution in [2.24, 2.45) is 0 Å². The van der Waals surface area contributed by atoms with Gasteiger partial charge in [0.05, 0.1) is 28.2 Å². The number of nitrogens with zero attached hydrogens (tertiary/aromatic N) is 3. The number of thiazole rings is 1. The number of benzene rings is 2. The molecule has 2 aromatic carbocycles. The summed E-state index contributed by atoms with van der Waals surface area (Å²) in [5, 5.41) is 0.996. The molecule has 5 rings (SSSR count). The molecule has 1 amide bonds. The smallest absolute Gasteiger partial charge is 0.254 e. The minimum Gasteiger partial charge on any atom is -0.329 e. The van der Waals surface area contributed by atoms with Gasteiger partial charge in [0.25, 0.3) is 5.91 Å². The number of fused-ring (bicyclic) bond motifs is 2. The maximum atomic E-state index is 13.5. The van der Waals surface area contributed by atoms with Gasteiger partial charge in [-0.25, -0.2) is 13.4 Å². The largest absolute Gasteiger partial charge is 0.329 e. The molecule has 6 nitrogen and oxygen atoms in total. The summed E-state index contributed by atoms with van der Waals surface area (Å²) in [5.41, 5.74) is 3.24. The molecule has 3 heterocycles. The zero-order valence-corrected chi connectivity index (χ0v) is 19.1. The molecule has 1 saturated heterocycles. The monoisotopic (exact) mass is 455 g/mol. The van der Waals surface area contributed by atoms with Gasteiger partial charge in [-0.2, -0.15) is 0 Å². The van der Waals surface area contributed by atoms with Gasteiger partial charge in [-0.3, -0.25) is 9.10 Å². The van der Waals surface area contributed by atoms with E-state index in [0.29, 0.717) is 24.3 Å². The minimum atomic E-state index is -3.32. The van der Waals surface area contributed by atoms with Gasteiger partial charge in [0.1, 0.15) is 5.01 Å². The summed E-state index contributed by atoms with van der Waals surface area (Å²) in [7, 11) is -3.32. The number of sulfonamides is 1. The third kappa shape index (κ3) is 3.83. The molecule has 0 aliphatic carbocycles. The van der Waals surface area contributed by atoms with Crippen LogP contribution in [0, 0.1) is 0 Å². The number of aromatic nitrogens is 1. The summed E-state index contributed by atoms with van der Waals surface area (Å²) >= 11 is 1.67. The number of hydrogen-bond acceptors (Lipinski definition) is 5. The lowest BCUT2D eigenvalue weighted by atomic mass is 9.98. The molecule has 1 atom stereocenters. The van der Waals surface area contributed by atoms with Crippen molar-refractivity contribution < 1.29 is 13.2 Å². The Balaban J connectivity index is 1.47. The van der Waals surface area contributed by atoms with Crippen molar-refractivity contribution in [3.05, 3.63) is 58.6 Å². The van der Waals surface area contributed by atoms with Crippen molar-refractivity contribution >= 4 is 43.2 Å². The Labute approximate surface area is 186 Å². The first-order valence-corrected chi connectivity index (χ1v) is 13.4. The molecule has 0 saturated carbocycles. The van der Waals surface area contributed by atoms with E-state index in [1.165, 1.54) is 10.6 Å². The van der Waals surface area contributed by atoms with Crippen molar-refractivity contribution in [1.82, 2.24) is 9.88 Å². The second-order valence-corrected chi connectivity index (χ2v) is 11.3. The molecule has 8 heteroatoms. The first-order valence-electron chi connectivity index (χ1n) is 10.7. The van der Waals surface area contributed by atoms with E-state index in [1.807, 2.05) is 29.2 Å². The topological polar surface area (TPSA) is 70.6 Å². The maximum absolute atomic E-state index is 13.5. The number of likely N-dealkylation sites (tertiary alicyclic amines) is 1. The number of hydrogen-bond donors (Lipinski definition) is 0. The van der Waals surface area contributed by atoms with Gasteiger partial charge < -0.3 is 4.90 Å². The highest BCUT2D eigenvalue weighted by atomic mass is 32.2. The van der Waals surface area contributed by atoms with Gasteiger partial charge in [0, 0.05) is 18.7 Å². The predicted molar refractivity (Wildman–Crippen MR) is 124 cm³/mol. The van der Waals surface area contributed by atoms with Crippen molar-refractivity contribution in [1.29, 1.82) is 0 Å². The number of amides is 1. The van der Waals surface area contributed by atoms with E-state index in [4.69, 9.17) is 4.98 Å². The quantitative estimate of drug-likeness (QED) is 0.588. The number of anilines is 1. The van der Waals surface area contributed by atoms with Crippen LogP contribution in [-0.2, 0) is 16.4 Å². The zero-order valence-electron chi connectivity index (χ0n) is 17.5. The molecule has 2 aliphatic rings. The van der Waals surface area contributed by atoms with Gasteiger partial charge >= 0.3 is 0 Å². The van der Waals surface area contributed by atoms with Crippen LogP contribution < -0.4 is 4.31 Å². The molecule has 3 aromatic rings. The van der Waals surface area contributed by atoms with Gasteiger partial charge in [0.2, 0.25) is 10.0 Å². The molecule has 1 fully saturated rings. The number of carbonyl (C=O) groups is 1. The van der Waals surface area contributed by atoms with Crippen molar-refractivity contribution in [3.8, 4) is 0 Å². The Morgan fingerprint density at radius 3 is 2.74 bits per heavy atom. The van der Waals surface area contributed by atoms with Crippen LogP contribution in [0.15, 0.2) is 42.5 Å². The molecule has 1 aromatic heterocycles. The summed E-state index contributed by atoms with van der Waals surface area (Å²) in [5.74, 6) is 0.00300. The van der Waals surface area contributed by atoms with E-state index >= 15 is 0 Å². The highest BCUT2D eigenvalue weighted by Crippen LogP contribution is 2.37. The second kappa shape index (κ2) is 7.91. The average molecular weight is 456 g/mol. The van der Waals surface area contributed by atoms with Crippen LogP contribution in [0.2, 0.25) is 0 Å². The fourth-order valence-corrected chi connectivity index (χ4v) is 6.78. The third-order valence-electron chi connectivity index (χ3n) is 6.16. The highest BCUT2D eigenvalue weighted by Gasteiger charge is 2.32. The second-order valence-electron chi connectivity index (χ2n) is 8.31. The fraction of sp³-hybridized carbons (Fsp3) is 0.391. The van der Waals surface area contributed by atoms with E-state index in [1.54, 1.807) is 23.5 Å². The first-order chi connectivity index (χ1) is 14.9. The molecule has 0 radical (unpaired) electrons. The van der Waals surface area contributed by atoms with Gasteiger partial charge in [-0.1, -0.05) is 12.1 Å². The van der Waals surface area contributed by atoms with E-state index in [2.05, 4.69) is 6.07 Å². The lowest BCUT2D eigenvalue weighted by molar-refractivity contribution is 0.0611. The minimum absolute atomic E-state index is 0.00300. The maximum Gasteiger partial charge on any atom is 0.254 e.